The second-order valence-electron chi connectivity index (χ2n) is 3.54. The minimum absolute atomic E-state index is 0.0407. The first-order valence-corrected chi connectivity index (χ1v) is 4.99. The van der Waals surface area contributed by atoms with Gasteiger partial charge in [0.1, 0.15) is 0 Å². The minimum Gasteiger partial charge on any atom is -0.395 e. The summed E-state index contributed by atoms with van der Waals surface area (Å²) in [5.74, 6) is 0. The number of aliphatic hydroxyl groups is 1. The van der Waals surface area contributed by atoms with Gasteiger partial charge < -0.3 is 15.6 Å². The van der Waals surface area contributed by atoms with E-state index in [4.69, 9.17) is 15.6 Å². The largest absolute Gasteiger partial charge is 0.395 e. The van der Waals surface area contributed by atoms with E-state index >= 15 is 0 Å². The standard InChI is InChI=1S/C9H20N2O2/c10-9(8-12)2-1-3-11-4-6-13-7-5-11/h9,12H,1-8,10H2. The van der Waals surface area contributed by atoms with Gasteiger partial charge in [0.15, 0.2) is 0 Å². The molecule has 0 spiro atoms. The van der Waals surface area contributed by atoms with Gasteiger partial charge in [0.05, 0.1) is 19.8 Å². The van der Waals surface area contributed by atoms with Crippen LogP contribution in [0.25, 0.3) is 0 Å². The lowest BCUT2D eigenvalue weighted by atomic mass is 10.2. The van der Waals surface area contributed by atoms with Crippen LogP contribution in [0.4, 0.5) is 0 Å². The van der Waals surface area contributed by atoms with E-state index in [1.165, 1.54) is 0 Å². The Morgan fingerprint density at radius 1 is 1.38 bits per heavy atom. The maximum absolute atomic E-state index is 8.71. The zero-order valence-corrected chi connectivity index (χ0v) is 8.11. The number of rotatable bonds is 5. The van der Waals surface area contributed by atoms with Crippen LogP contribution in [-0.4, -0.2) is 55.5 Å². The predicted octanol–water partition coefficient (Wildman–Crippen LogP) is -0.582. The number of hydrogen-bond acceptors (Lipinski definition) is 4. The summed E-state index contributed by atoms with van der Waals surface area (Å²) in [6.45, 7) is 4.96. The maximum atomic E-state index is 8.71. The van der Waals surface area contributed by atoms with Gasteiger partial charge >= 0.3 is 0 Å². The number of nitrogens with zero attached hydrogens (tertiary/aromatic N) is 1. The molecule has 3 N–H and O–H groups in total. The van der Waals surface area contributed by atoms with Crippen molar-refractivity contribution in [3.05, 3.63) is 0 Å². The van der Waals surface area contributed by atoms with Crippen molar-refractivity contribution in [1.29, 1.82) is 0 Å². The quantitative estimate of drug-likeness (QED) is 0.606. The van der Waals surface area contributed by atoms with Crippen molar-refractivity contribution in [3.63, 3.8) is 0 Å². The Morgan fingerprint density at radius 3 is 2.69 bits per heavy atom. The van der Waals surface area contributed by atoms with Crippen molar-refractivity contribution in [3.8, 4) is 0 Å². The van der Waals surface area contributed by atoms with E-state index in [9.17, 15) is 0 Å². The molecule has 1 fully saturated rings. The highest BCUT2D eigenvalue weighted by Crippen LogP contribution is 2.01. The molecule has 1 aliphatic heterocycles. The molecule has 0 amide bonds. The normalized spacial score (nSPS) is 21.7. The zero-order valence-electron chi connectivity index (χ0n) is 8.11. The lowest BCUT2D eigenvalue weighted by Crippen LogP contribution is -2.37. The Kier molecular flexibility index (Phi) is 5.31. The average molecular weight is 188 g/mol. The molecule has 13 heavy (non-hydrogen) atoms. The minimum atomic E-state index is -0.0407. The third-order valence-corrected chi connectivity index (χ3v) is 2.39. The van der Waals surface area contributed by atoms with Crippen LogP contribution < -0.4 is 5.73 Å². The van der Waals surface area contributed by atoms with Crippen LogP contribution in [0.5, 0.6) is 0 Å². The summed E-state index contributed by atoms with van der Waals surface area (Å²) < 4.78 is 5.24. The molecule has 0 bridgehead atoms. The third kappa shape index (κ3) is 4.57. The summed E-state index contributed by atoms with van der Waals surface area (Å²) in [5.41, 5.74) is 5.60. The van der Waals surface area contributed by atoms with Crippen LogP contribution in [0.3, 0.4) is 0 Å². The van der Waals surface area contributed by atoms with Gasteiger partial charge in [-0.1, -0.05) is 0 Å². The van der Waals surface area contributed by atoms with Gasteiger partial charge in [-0.05, 0) is 19.4 Å². The molecule has 0 saturated carbocycles. The highest BCUT2D eigenvalue weighted by molar-refractivity contribution is 4.64. The van der Waals surface area contributed by atoms with Gasteiger partial charge in [-0.25, -0.2) is 0 Å². The zero-order chi connectivity index (χ0) is 9.52. The first-order valence-electron chi connectivity index (χ1n) is 4.99. The van der Waals surface area contributed by atoms with Gasteiger partial charge in [-0.15, -0.1) is 0 Å². The van der Waals surface area contributed by atoms with E-state index in [1.807, 2.05) is 0 Å². The monoisotopic (exact) mass is 188 g/mol. The van der Waals surface area contributed by atoms with Crippen LogP contribution in [0, 0.1) is 0 Å². The maximum Gasteiger partial charge on any atom is 0.0594 e. The molecule has 1 rings (SSSR count). The first kappa shape index (κ1) is 10.9. The number of ether oxygens (including phenoxy) is 1. The Balaban J connectivity index is 1.98. The fourth-order valence-corrected chi connectivity index (χ4v) is 1.49. The molecule has 0 aromatic carbocycles. The number of nitrogens with two attached hydrogens (primary N) is 1. The molecule has 1 heterocycles. The van der Waals surface area contributed by atoms with Crippen molar-refractivity contribution in [2.75, 3.05) is 39.5 Å². The van der Waals surface area contributed by atoms with Crippen LogP contribution >= 0.6 is 0 Å². The van der Waals surface area contributed by atoms with E-state index in [0.29, 0.717) is 0 Å². The van der Waals surface area contributed by atoms with E-state index in [2.05, 4.69) is 4.90 Å². The Morgan fingerprint density at radius 2 is 2.08 bits per heavy atom. The molecule has 1 saturated heterocycles. The molecule has 0 aromatic rings. The van der Waals surface area contributed by atoms with Gasteiger partial charge in [0, 0.05) is 19.1 Å². The van der Waals surface area contributed by atoms with E-state index in [-0.39, 0.29) is 12.6 Å². The number of hydrogen-bond donors (Lipinski definition) is 2. The lowest BCUT2D eigenvalue weighted by molar-refractivity contribution is 0.0368. The molecule has 78 valence electrons. The Labute approximate surface area is 79.7 Å². The SMILES string of the molecule is NC(CO)CCCN1CCOCC1. The van der Waals surface area contributed by atoms with E-state index in [1.54, 1.807) is 0 Å². The molecule has 4 heteroatoms. The number of aliphatic hydroxyl groups excluding tert-OH is 1. The fourth-order valence-electron chi connectivity index (χ4n) is 1.49. The average Bonchev–Trinajstić information content (AvgIpc) is 2.19. The van der Waals surface area contributed by atoms with Gasteiger partial charge in [0.2, 0.25) is 0 Å². The predicted molar refractivity (Wildman–Crippen MR) is 51.6 cm³/mol. The Hall–Kier alpha value is -0.160. The van der Waals surface area contributed by atoms with Crippen LogP contribution in [0.2, 0.25) is 0 Å². The van der Waals surface area contributed by atoms with E-state index < -0.39 is 0 Å². The highest BCUT2D eigenvalue weighted by Gasteiger charge is 2.09. The summed E-state index contributed by atoms with van der Waals surface area (Å²) in [4.78, 5) is 2.38. The van der Waals surface area contributed by atoms with Crippen molar-refractivity contribution in [1.82, 2.24) is 4.90 Å². The Bertz CT molecular complexity index is 127. The van der Waals surface area contributed by atoms with Crippen LogP contribution in [0.15, 0.2) is 0 Å². The molecule has 4 nitrogen and oxygen atoms in total. The molecule has 0 aliphatic carbocycles. The topological polar surface area (TPSA) is 58.7 Å². The molecule has 1 unspecified atom stereocenters. The van der Waals surface area contributed by atoms with Crippen molar-refractivity contribution < 1.29 is 9.84 Å². The smallest absolute Gasteiger partial charge is 0.0594 e. The summed E-state index contributed by atoms with van der Waals surface area (Å²) in [5, 5.41) is 8.71. The highest BCUT2D eigenvalue weighted by atomic mass is 16.5. The summed E-state index contributed by atoms with van der Waals surface area (Å²) in [7, 11) is 0. The second-order valence-corrected chi connectivity index (χ2v) is 3.54. The van der Waals surface area contributed by atoms with Crippen molar-refractivity contribution in [2.45, 2.75) is 18.9 Å². The van der Waals surface area contributed by atoms with Gasteiger partial charge in [-0.3, -0.25) is 4.90 Å². The molecule has 0 radical (unpaired) electrons. The lowest BCUT2D eigenvalue weighted by Gasteiger charge is -2.26. The molecule has 1 aliphatic rings. The number of morpholine rings is 1. The molecular weight excluding hydrogens is 168 g/mol. The van der Waals surface area contributed by atoms with Crippen molar-refractivity contribution in [2.24, 2.45) is 5.73 Å². The van der Waals surface area contributed by atoms with E-state index in [0.717, 1.165) is 45.7 Å². The summed E-state index contributed by atoms with van der Waals surface area (Å²) in [6, 6.07) is -0.0407. The van der Waals surface area contributed by atoms with Crippen molar-refractivity contribution >= 4 is 0 Å². The van der Waals surface area contributed by atoms with Gasteiger partial charge in [0.25, 0.3) is 0 Å². The molecule has 1 atom stereocenters. The molecular formula is C9H20N2O2. The first-order chi connectivity index (χ1) is 6.33. The second kappa shape index (κ2) is 6.32. The summed E-state index contributed by atoms with van der Waals surface area (Å²) >= 11 is 0. The van der Waals surface area contributed by atoms with Crippen LogP contribution in [-0.2, 0) is 4.74 Å². The van der Waals surface area contributed by atoms with Gasteiger partial charge in [-0.2, -0.15) is 0 Å². The van der Waals surface area contributed by atoms with Crippen LogP contribution in [0.1, 0.15) is 12.8 Å². The summed E-state index contributed by atoms with van der Waals surface area (Å²) in [6.07, 6.45) is 1.98. The fraction of sp³-hybridized carbons (Fsp3) is 1.00. The molecule has 0 aromatic heterocycles. The third-order valence-electron chi connectivity index (χ3n) is 2.39.